The second-order valence-corrected chi connectivity index (χ2v) is 4.36. The first kappa shape index (κ1) is 14.1. The van der Waals surface area contributed by atoms with Crippen LogP contribution in [0.2, 0.25) is 5.02 Å². The minimum Gasteiger partial charge on any atom is -0.506 e. The van der Waals surface area contributed by atoms with Gasteiger partial charge >= 0.3 is 0 Å². The zero-order valence-electron chi connectivity index (χ0n) is 10.3. The maximum absolute atomic E-state index is 13.4. The quantitative estimate of drug-likeness (QED) is 0.852. The molecule has 6 heteroatoms. The fraction of sp³-hybridized carbons (Fsp3) is 0.0714. The molecular weight excluding hydrogens is 285 g/mol. The van der Waals surface area contributed by atoms with Gasteiger partial charge in [0.25, 0.3) is 5.91 Å². The Morgan fingerprint density at radius 2 is 1.95 bits per heavy atom. The van der Waals surface area contributed by atoms with Gasteiger partial charge in [0.05, 0.1) is 0 Å². The number of nitrogens with one attached hydrogen (secondary N) is 1. The number of aromatic hydroxyl groups is 1. The maximum Gasteiger partial charge on any atom is 0.262 e. The lowest BCUT2D eigenvalue weighted by Crippen LogP contribution is -2.20. The summed E-state index contributed by atoms with van der Waals surface area (Å²) in [5, 5.41) is 12.2. The van der Waals surface area contributed by atoms with Gasteiger partial charge < -0.3 is 15.2 Å². The van der Waals surface area contributed by atoms with Crippen molar-refractivity contribution in [2.75, 3.05) is 11.9 Å². The molecule has 0 saturated carbocycles. The molecule has 2 aromatic carbocycles. The Morgan fingerprint density at radius 3 is 2.60 bits per heavy atom. The lowest BCUT2D eigenvalue weighted by molar-refractivity contribution is -0.118. The third-order valence-corrected chi connectivity index (χ3v) is 2.69. The summed E-state index contributed by atoms with van der Waals surface area (Å²) in [6.07, 6.45) is 0. The van der Waals surface area contributed by atoms with Crippen LogP contribution in [0.15, 0.2) is 42.5 Å². The van der Waals surface area contributed by atoms with Crippen LogP contribution in [-0.4, -0.2) is 17.6 Å². The fourth-order valence-electron chi connectivity index (χ4n) is 1.49. The molecule has 0 spiro atoms. The number of phenols is 1. The van der Waals surface area contributed by atoms with E-state index in [1.807, 2.05) is 0 Å². The van der Waals surface area contributed by atoms with Crippen molar-refractivity contribution < 1.29 is 19.0 Å². The van der Waals surface area contributed by atoms with Gasteiger partial charge in [-0.25, -0.2) is 4.39 Å². The zero-order valence-corrected chi connectivity index (χ0v) is 11.0. The van der Waals surface area contributed by atoms with Gasteiger partial charge in [-0.1, -0.05) is 17.7 Å². The summed E-state index contributed by atoms with van der Waals surface area (Å²) in [5.41, 5.74) is -0.266. The van der Waals surface area contributed by atoms with E-state index >= 15 is 0 Å². The monoisotopic (exact) mass is 295 g/mol. The summed E-state index contributed by atoms with van der Waals surface area (Å²) in [7, 11) is 0. The molecule has 0 unspecified atom stereocenters. The van der Waals surface area contributed by atoms with Gasteiger partial charge in [-0.15, -0.1) is 0 Å². The lowest BCUT2D eigenvalue weighted by atomic mass is 10.3. The molecule has 2 rings (SSSR count). The number of ether oxygens (including phenoxy) is 1. The summed E-state index contributed by atoms with van der Waals surface area (Å²) < 4.78 is 18.6. The van der Waals surface area contributed by atoms with Crippen LogP contribution in [-0.2, 0) is 4.79 Å². The van der Waals surface area contributed by atoms with Crippen molar-refractivity contribution in [3.63, 3.8) is 0 Å². The summed E-state index contributed by atoms with van der Waals surface area (Å²) in [5.74, 6) is -1.18. The number of hydrogen-bond acceptors (Lipinski definition) is 3. The van der Waals surface area contributed by atoms with Gasteiger partial charge in [-0.2, -0.15) is 0 Å². The van der Waals surface area contributed by atoms with E-state index < -0.39 is 11.7 Å². The van der Waals surface area contributed by atoms with Crippen LogP contribution in [0.25, 0.3) is 0 Å². The molecular formula is C14H11ClFNO3. The maximum atomic E-state index is 13.4. The molecule has 0 radical (unpaired) electrons. The zero-order chi connectivity index (χ0) is 14.5. The van der Waals surface area contributed by atoms with E-state index in [9.17, 15) is 14.3 Å². The van der Waals surface area contributed by atoms with Crippen molar-refractivity contribution in [2.24, 2.45) is 0 Å². The highest BCUT2D eigenvalue weighted by Gasteiger charge is 2.11. The number of phenolic OH excluding ortho intramolecular Hbond substituents is 1. The summed E-state index contributed by atoms with van der Waals surface area (Å²) >= 11 is 5.71. The van der Waals surface area contributed by atoms with Crippen molar-refractivity contribution >= 4 is 23.2 Å². The van der Waals surface area contributed by atoms with Crippen molar-refractivity contribution in [1.29, 1.82) is 0 Å². The molecule has 0 heterocycles. The van der Waals surface area contributed by atoms with E-state index in [0.717, 1.165) is 6.07 Å². The summed E-state index contributed by atoms with van der Waals surface area (Å²) in [4.78, 5) is 11.6. The molecule has 4 nitrogen and oxygen atoms in total. The third kappa shape index (κ3) is 3.61. The smallest absolute Gasteiger partial charge is 0.262 e. The van der Waals surface area contributed by atoms with Gasteiger partial charge in [-0.3, -0.25) is 4.79 Å². The van der Waals surface area contributed by atoms with Crippen LogP contribution in [0.3, 0.4) is 0 Å². The number of para-hydroxylation sites is 1. The first-order valence-corrected chi connectivity index (χ1v) is 6.10. The van der Waals surface area contributed by atoms with E-state index in [0.29, 0.717) is 10.8 Å². The molecule has 2 aromatic rings. The van der Waals surface area contributed by atoms with Crippen molar-refractivity contribution in [3.8, 4) is 11.5 Å². The number of anilines is 1. The van der Waals surface area contributed by atoms with E-state index in [1.54, 1.807) is 24.3 Å². The molecule has 104 valence electrons. The molecule has 0 aliphatic heterocycles. The van der Waals surface area contributed by atoms with Gasteiger partial charge in [0.1, 0.15) is 17.2 Å². The van der Waals surface area contributed by atoms with Crippen molar-refractivity contribution in [1.82, 2.24) is 0 Å². The van der Waals surface area contributed by atoms with E-state index in [-0.39, 0.29) is 18.0 Å². The minimum absolute atomic E-state index is 0.266. The van der Waals surface area contributed by atoms with Gasteiger partial charge in [0, 0.05) is 5.02 Å². The SMILES string of the molecule is O=C(COc1ccc(Cl)cc1)Nc1c(O)cccc1F. The predicted octanol–water partition coefficient (Wildman–Crippen LogP) is 3.20. The number of hydrogen-bond donors (Lipinski definition) is 2. The van der Waals surface area contributed by atoms with Crippen molar-refractivity contribution in [3.05, 3.63) is 53.3 Å². The number of benzene rings is 2. The highest BCUT2D eigenvalue weighted by Crippen LogP contribution is 2.25. The third-order valence-electron chi connectivity index (χ3n) is 2.44. The molecule has 0 aromatic heterocycles. The van der Waals surface area contributed by atoms with Crippen molar-refractivity contribution in [2.45, 2.75) is 0 Å². The Labute approximate surface area is 119 Å². The molecule has 0 saturated heterocycles. The highest BCUT2D eigenvalue weighted by atomic mass is 35.5. The number of carbonyl (C=O) groups excluding carboxylic acids is 1. The fourth-order valence-corrected chi connectivity index (χ4v) is 1.62. The summed E-state index contributed by atoms with van der Waals surface area (Å²) in [6, 6.07) is 10.2. The Balaban J connectivity index is 1.94. The van der Waals surface area contributed by atoms with Crippen LogP contribution in [0.1, 0.15) is 0 Å². The first-order valence-electron chi connectivity index (χ1n) is 5.72. The Morgan fingerprint density at radius 1 is 1.25 bits per heavy atom. The highest BCUT2D eigenvalue weighted by molar-refractivity contribution is 6.30. The minimum atomic E-state index is -0.718. The summed E-state index contributed by atoms with van der Waals surface area (Å²) in [6.45, 7) is -0.310. The van der Waals surface area contributed by atoms with Crippen LogP contribution in [0.4, 0.5) is 10.1 Å². The second kappa shape index (κ2) is 6.25. The van der Waals surface area contributed by atoms with Crippen LogP contribution >= 0.6 is 11.6 Å². The topological polar surface area (TPSA) is 58.6 Å². The van der Waals surface area contributed by atoms with E-state index in [1.165, 1.54) is 12.1 Å². The molecule has 0 aliphatic rings. The average molecular weight is 296 g/mol. The van der Waals surface area contributed by atoms with Crippen LogP contribution < -0.4 is 10.1 Å². The number of amides is 1. The van der Waals surface area contributed by atoms with Crippen LogP contribution in [0, 0.1) is 5.82 Å². The Hall–Kier alpha value is -2.27. The molecule has 0 atom stereocenters. The molecule has 0 fully saturated rings. The lowest BCUT2D eigenvalue weighted by Gasteiger charge is -2.09. The Bertz CT molecular complexity index is 596. The largest absolute Gasteiger partial charge is 0.506 e. The molecule has 0 bridgehead atoms. The van der Waals surface area contributed by atoms with E-state index in [2.05, 4.69) is 5.32 Å². The van der Waals surface area contributed by atoms with Gasteiger partial charge in [0.15, 0.2) is 12.4 Å². The normalized spacial score (nSPS) is 10.1. The average Bonchev–Trinajstić information content (AvgIpc) is 2.42. The predicted molar refractivity (Wildman–Crippen MR) is 73.6 cm³/mol. The number of rotatable bonds is 4. The first-order chi connectivity index (χ1) is 9.56. The molecule has 2 N–H and O–H groups in total. The number of halogens is 2. The molecule has 1 amide bonds. The Kier molecular flexibility index (Phi) is 4.42. The standard InChI is InChI=1S/C14H11ClFNO3/c15-9-4-6-10(7-5-9)20-8-13(19)17-14-11(16)2-1-3-12(14)18/h1-7,18H,8H2,(H,17,19). The van der Waals surface area contributed by atoms with Gasteiger partial charge in [-0.05, 0) is 36.4 Å². The molecule has 0 aliphatic carbocycles. The van der Waals surface area contributed by atoms with E-state index in [4.69, 9.17) is 16.3 Å². The van der Waals surface area contributed by atoms with Gasteiger partial charge in [0.2, 0.25) is 0 Å². The molecule has 20 heavy (non-hydrogen) atoms. The van der Waals surface area contributed by atoms with Crippen LogP contribution in [0.5, 0.6) is 11.5 Å². The second-order valence-electron chi connectivity index (χ2n) is 3.92. The number of carbonyl (C=O) groups is 1.